The minimum absolute atomic E-state index is 0.151. The summed E-state index contributed by atoms with van der Waals surface area (Å²) in [6, 6.07) is 9.46. The Kier molecular flexibility index (Phi) is 5.44. The number of nitrogens with two attached hydrogens (primary N) is 1. The first-order chi connectivity index (χ1) is 9.72. The topological polar surface area (TPSA) is 38.5 Å². The summed E-state index contributed by atoms with van der Waals surface area (Å²) in [7, 11) is 1.74. The van der Waals surface area contributed by atoms with E-state index in [1.807, 2.05) is 12.1 Å². The third-order valence-corrected chi connectivity index (χ3v) is 4.19. The van der Waals surface area contributed by atoms with Crippen molar-refractivity contribution in [3.63, 3.8) is 0 Å². The number of nitrogens with zero attached hydrogens (tertiary/aromatic N) is 1. The van der Waals surface area contributed by atoms with Crippen LogP contribution in [0.15, 0.2) is 24.3 Å². The second kappa shape index (κ2) is 7.09. The molecule has 0 amide bonds. The molecule has 0 aromatic heterocycles. The van der Waals surface area contributed by atoms with E-state index in [1.54, 1.807) is 7.11 Å². The van der Waals surface area contributed by atoms with Crippen molar-refractivity contribution < 1.29 is 4.74 Å². The molecule has 0 bridgehead atoms. The summed E-state index contributed by atoms with van der Waals surface area (Å²) >= 11 is 0. The smallest absolute Gasteiger partial charge is 0.123 e. The van der Waals surface area contributed by atoms with Gasteiger partial charge in [0.2, 0.25) is 0 Å². The predicted octanol–water partition coefficient (Wildman–Crippen LogP) is 3.35. The molecule has 3 nitrogen and oxygen atoms in total. The maximum absolute atomic E-state index is 6.47. The Hall–Kier alpha value is -1.06. The molecule has 1 aliphatic carbocycles. The predicted molar refractivity (Wildman–Crippen MR) is 84.0 cm³/mol. The molecule has 3 heteroatoms. The van der Waals surface area contributed by atoms with Crippen LogP contribution >= 0.6 is 0 Å². The van der Waals surface area contributed by atoms with Crippen LogP contribution in [0.25, 0.3) is 0 Å². The van der Waals surface area contributed by atoms with E-state index in [1.165, 1.54) is 24.8 Å². The van der Waals surface area contributed by atoms with E-state index < -0.39 is 0 Å². The molecule has 1 aromatic carbocycles. The molecule has 1 aromatic rings. The summed E-state index contributed by atoms with van der Waals surface area (Å²) in [5.74, 6) is 0.961. The van der Waals surface area contributed by atoms with Crippen molar-refractivity contribution in [3.8, 4) is 5.75 Å². The Bertz CT molecular complexity index is 417. The molecular weight excluding hydrogens is 248 g/mol. The van der Waals surface area contributed by atoms with Gasteiger partial charge in [-0.15, -0.1) is 0 Å². The summed E-state index contributed by atoms with van der Waals surface area (Å²) in [5, 5.41) is 0. The molecule has 2 unspecified atom stereocenters. The van der Waals surface area contributed by atoms with Gasteiger partial charge in [-0.3, -0.25) is 4.90 Å². The van der Waals surface area contributed by atoms with E-state index >= 15 is 0 Å². The van der Waals surface area contributed by atoms with Crippen LogP contribution in [-0.4, -0.2) is 30.6 Å². The van der Waals surface area contributed by atoms with Crippen molar-refractivity contribution in [1.82, 2.24) is 4.90 Å². The lowest BCUT2D eigenvalue weighted by atomic mass is 9.95. The van der Waals surface area contributed by atoms with E-state index in [2.05, 4.69) is 30.9 Å². The van der Waals surface area contributed by atoms with Crippen LogP contribution in [0.1, 0.15) is 51.1 Å². The van der Waals surface area contributed by atoms with Gasteiger partial charge in [0.1, 0.15) is 5.75 Å². The molecule has 0 saturated heterocycles. The summed E-state index contributed by atoms with van der Waals surface area (Å²) in [5.41, 5.74) is 7.71. The normalized spacial score (nSPS) is 18.1. The van der Waals surface area contributed by atoms with Crippen LogP contribution in [0.3, 0.4) is 0 Å². The molecule has 2 rings (SSSR count). The maximum Gasteiger partial charge on any atom is 0.123 e. The standard InChI is InChI=1S/C17H28N2O/c1-4-12-19(13-10-11-13)17(15(18)5-2)14-8-6-7-9-16(14)20-3/h6-9,13,15,17H,4-5,10-12,18H2,1-3H3. The second-order valence-corrected chi connectivity index (χ2v) is 5.73. The van der Waals surface area contributed by atoms with Crippen molar-refractivity contribution in [2.24, 2.45) is 5.73 Å². The highest BCUT2D eigenvalue weighted by Crippen LogP contribution is 2.39. The van der Waals surface area contributed by atoms with Crippen LogP contribution in [0.2, 0.25) is 0 Å². The zero-order valence-corrected chi connectivity index (χ0v) is 13.0. The Morgan fingerprint density at radius 1 is 1.30 bits per heavy atom. The zero-order chi connectivity index (χ0) is 14.5. The van der Waals surface area contributed by atoms with Gasteiger partial charge in [0.05, 0.1) is 13.2 Å². The van der Waals surface area contributed by atoms with Crippen LogP contribution in [0, 0.1) is 0 Å². The van der Waals surface area contributed by atoms with Gasteiger partial charge in [0.15, 0.2) is 0 Å². The highest BCUT2D eigenvalue weighted by atomic mass is 16.5. The number of ether oxygens (including phenoxy) is 1. The number of benzene rings is 1. The van der Waals surface area contributed by atoms with Gasteiger partial charge >= 0.3 is 0 Å². The second-order valence-electron chi connectivity index (χ2n) is 5.73. The summed E-state index contributed by atoms with van der Waals surface area (Å²) < 4.78 is 5.57. The molecule has 2 atom stereocenters. The summed E-state index contributed by atoms with van der Waals surface area (Å²) in [6.07, 6.45) is 4.76. The third kappa shape index (κ3) is 3.33. The highest BCUT2D eigenvalue weighted by molar-refractivity contribution is 5.37. The van der Waals surface area contributed by atoms with Gasteiger partial charge in [-0.25, -0.2) is 0 Å². The molecule has 0 spiro atoms. The largest absolute Gasteiger partial charge is 0.496 e. The van der Waals surface area contributed by atoms with Gasteiger partial charge in [-0.2, -0.15) is 0 Å². The van der Waals surface area contributed by atoms with Gasteiger partial charge in [-0.05, 0) is 38.3 Å². The Morgan fingerprint density at radius 2 is 2.00 bits per heavy atom. The number of hydrogen-bond acceptors (Lipinski definition) is 3. The molecule has 1 aliphatic rings. The Labute approximate surface area is 123 Å². The number of hydrogen-bond donors (Lipinski definition) is 1. The highest BCUT2D eigenvalue weighted by Gasteiger charge is 2.37. The minimum Gasteiger partial charge on any atom is -0.496 e. The maximum atomic E-state index is 6.47. The molecule has 0 heterocycles. The molecule has 0 aliphatic heterocycles. The lowest BCUT2D eigenvalue weighted by Gasteiger charge is -2.36. The Morgan fingerprint density at radius 3 is 2.55 bits per heavy atom. The first-order valence-electron chi connectivity index (χ1n) is 7.87. The number of para-hydroxylation sites is 1. The van der Waals surface area contributed by atoms with Crippen LogP contribution in [0.4, 0.5) is 0 Å². The van der Waals surface area contributed by atoms with E-state index in [0.717, 1.165) is 18.7 Å². The van der Waals surface area contributed by atoms with Gasteiger partial charge in [0.25, 0.3) is 0 Å². The average molecular weight is 276 g/mol. The van der Waals surface area contributed by atoms with E-state index in [9.17, 15) is 0 Å². The first-order valence-corrected chi connectivity index (χ1v) is 7.87. The van der Waals surface area contributed by atoms with E-state index in [-0.39, 0.29) is 12.1 Å². The van der Waals surface area contributed by atoms with Crippen molar-refractivity contribution in [2.75, 3.05) is 13.7 Å². The first kappa shape index (κ1) is 15.3. The quantitative estimate of drug-likeness (QED) is 0.791. The molecule has 20 heavy (non-hydrogen) atoms. The molecule has 1 saturated carbocycles. The fraction of sp³-hybridized carbons (Fsp3) is 0.647. The van der Waals surface area contributed by atoms with E-state index in [4.69, 9.17) is 10.5 Å². The minimum atomic E-state index is 0.151. The van der Waals surface area contributed by atoms with Gasteiger partial charge < -0.3 is 10.5 Å². The number of methoxy groups -OCH3 is 1. The lowest BCUT2D eigenvalue weighted by molar-refractivity contribution is 0.156. The van der Waals surface area contributed by atoms with Gasteiger partial charge in [-0.1, -0.05) is 32.0 Å². The van der Waals surface area contributed by atoms with E-state index in [0.29, 0.717) is 6.04 Å². The van der Waals surface area contributed by atoms with Crippen LogP contribution in [0.5, 0.6) is 5.75 Å². The molecular formula is C17H28N2O. The third-order valence-electron chi connectivity index (χ3n) is 4.19. The fourth-order valence-corrected chi connectivity index (χ4v) is 3.00. The summed E-state index contributed by atoms with van der Waals surface area (Å²) in [4.78, 5) is 2.60. The molecule has 1 fully saturated rings. The molecule has 2 N–H and O–H groups in total. The van der Waals surface area contributed by atoms with Crippen molar-refractivity contribution in [1.29, 1.82) is 0 Å². The zero-order valence-electron chi connectivity index (χ0n) is 13.0. The summed E-state index contributed by atoms with van der Waals surface area (Å²) in [6.45, 7) is 5.53. The van der Waals surface area contributed by atoms with Crippen molar-refractivity contribution in [3.05, 3.63) is 29.8 Å². The fourth-order valence-electron chi connectivity index (χ4n) is 3.00. The van der Waals surface area contributed by atoms with Crippen LogP contribution < -0.4 is 10.5 Å². The Balaban J connectivity index is 2.35. The van der Waals surface area contributed by atoms with Crippen LogP contribution in [-0.2, 0) is 0 Å². The number of rotatable bonds is 8. The molecule has 0 radical (unpaired) electrons. The monoisotopic (exact) mass is 276 g/mol. The van der Waals surface area contributed by atoms with Gasteiger partial charge in [0, 0.05) is 17.6 Å². The lowest BCUT2D eigenvalue weighted by Crippen LogP contribution is -2.42. The van der Waals surface area contributed by atoms with Crippen molar-refractivity contribution in [2.45, 2.75) is 57.7 Å². The van der Waals surface area contributed by atoms with Crippen molar-refractivity contribution >= 4 is 0 Å². The average Bonchev–Trinajstić information content (AvgIpc) is 3.31. The molecule has 112 valence electrons. The SMILES string of the molecule is CCCN(C1CC1)C(c1ccccc1OC)C(N)CC.